The van der Waals surface area contributed by atoms with E-state index in [-0.39, 0.29) is 27.4 Å². The Morgan fingerprint density at radius 2 is 1.96 bits per heavy atom. The van der Waals surface area contributed by atoms with Gasteiger partial charge < -0.3 is 4.74 Å². The van der Waals surface area contributed by atoms with Gasteiger partial charge in [0.2, 0.25) is 5.13 Å². The number of hydrogen-bond acceptors (Lipinski definition) is 6. The van der Waals surface area contributed by atoms with Crippen LogP contribution in [0.5, 0.6) is 5.75 Å². The fourth-order valence-corrected chi connectivity index (χ4v) is 4.89. The number of sulfonamides is 1. The van der Waals surface area contributed by atoms with E-state index in [1.54, 1.807) is 31.2 Å². The number of hydrogen-bond donors (Lipinski definition) is 1. The molecule has 1 heterocycles. The number of ether oxygens (including phenoxy) is 1. The quantitative estimate of drug-likeness (QED) is 0.660. The predicted octanol–water partition coefficient (Wildman–Crippen LogP) is 4.02. The highest BCUT2D eigenvalue weighted by atomic mass is 35.5. The highest BCUT2D eigenvalue weighted by Gasteiger charge is 2.22. The second-order valence-corrected chi connectivity index (χ2v) is 8.30. The van der Waals surface area contributed by atoms with E-state index >= 15 is 0 Å². The summed E-state index contributed by atoms with van der Waals surface area (Å²) in [6.45, 7) is 1.61. The molecule has 0 unspecified atom stereocenters. The van der Waals surface area contributed by atoms with Crippen LogP contribution in [0.15, 0.2) is 47.4 Å². The molecule has 0 fully saturated rings. The molecule has 0 radical (unpaired) electrons. The van der Waals surface area contributed by atoms with Crippen molar-refractivity contribution in [2.45, 2.75) is 18.4 Å². The molecule has 3 aromatic rings. The van der Waals surface area contributed by atoms with Crippen LogP contribution in [0.1, 0.15) is 10.6 Å². The van der Waals surface area contributed by atoms with Crippen LogP contribution in [0.25, 0.3) is 0 Å². The molecular formula is C16H13ClFN3O3S2. The maximum absolute atomic E-state index is 13.5. The minimum absolute atomic E-state index is 0.0129. The summed E-state index contributed by atoms with van der Waals surface area (Å²) in [5.74, 6) is -0.413. The molecule has 2 aromatic carbocycles. The number of nitrogens with one attached hydrogen (secondary N) is 1. The first-order valence-corrected chi connectivity index (χ1v) is 10.0. The van der Waals surface area contributed by atoms with Gasteiger partial charge >= 0.3 is 0 Å². The Kier molecular flexibility index (Phi) is 5.40. The van der Waals surface area contributed by atoms with Gasteiger partial charge in [0.1, 0.15) is 11.5 Å². The number of benzene rings is 2. The van der Waals surface area contributed by atoms with Crippen LogP contribution in [0.4, 0.5) is 9.52 Å². The Balaban J connectivity index is 1.73. The van der Waals surface area contributed by atoms with Gasteiger partial charge in [-0.2, -0.15) is 0 Å². The van der Waals surface area contributed by atoms with Crippen molar-refractivity contribution in [1.82, 2.24) is 10.2 Å². The zero-order valence-electron chi connectivity index (χ0n) is 13.4. The van der Waals surface area contributed by atoms with Crippen LogP contribution in [0.3, 0.4) is 0 Å². The first-order valence-electron chi connectivity index (χ1n) is 7.34. The monoisotopic (exact) mass is 413 g/mol. The third-order valence-corrected chi connectivity index (χ3v) is 6.22. The summed E-state index contributed by atoms with van der Waals surface area (Å²) in [5, 5.41) is 8.20. The predicted molar refractivity (Wildman–Crippen MR) is 97.6 cm³/mol. The lowest BCUT2D eigenvalue weighted by atomic mass is 10.2. The first-order chi connectivity index (χ1) is 12.4. The molecule has 3 rings (SSSR count). The molecule has 0 bridgehead atoms. The SMILES string of the molecule is Cc1cccc(Cl)c1S(=O)(=O)Nc1nnc(COc2ccccc2F)s1. The minimum atomic E-state index is -3.91. The second-order valence-electron chi connectivity index (χ2n) is 5.21. The van der Waals surface area contributed by atoms with Crippen LogP contribution in [0.2, 0.25) is 5.02 Å². The zero-order chi connectivity index (χ0) is 18.7. The second kappa shape index (κ2) is 7.56. The third kappa shape index (κ3) is 4.12. The summed E-state index contributed by atoms with van der Waals surface area (Å²) < 4.78 is 46.3. The molecule has 0 atom stereocenters. The van der Waals surface area contributed by atoms with Gasteiger partial charge in [-0.3, -0.25) is 4.72 Å². The van der Waals surface area contributed by atoms with Gasteiger partial charge in [0.25, 0.3) is 10.0 Å². The summed E-state index contributed by atoms with van der Waals surface area (Å²) >= 11 is 7.00. The average molecular weight is 414 g/mol. The lowest BCUT2D eigenvalue weighted by Crippen LogP contribution is -2.14. The molecule has 0 aliphatic heterocycles. The van der Waals surface area contributed by atoms with Crippen molar-refractivity contribution in [3.05, 3.63) is 63.9 Å². The molecule has 0 spiro atoms. The Bertz CT molecular complexity index is 1020. The van der Waals surface area contributed by atoms with Crippen LogP contribution in [-0.2, 0) is 16.6 Å². The van der Waals surface area contributed by atoms with Crippen molar-refractivity contribution in [3.63, 3.8) is 0 Å². The van der Waals surface area contributed by atoms with E-state index in [4.69, 9.17) is 16.3 Å². The topological polar surface area (TPSA) is 81.2 Å². The van der Waals surface area contributed by atoms with Gasteiger partial charge in [0.05, 0.1) is 5.02 Å². The standard InChI is InChI=1S/C16H13ClFN3O3S2/c1-10-5-4-6-11(17)15(10)26(22,23)21-16-20-19-14(25-16)9-24-13-8-3-2-7-12(13)18/h2-8H,9H2,1H3,(H,20,21). The van der Waals surface area contributed by atoms with Crippen molar-refractivity contribution >= 4 is 38.1 Å². The molecule has 6 nitrogen and oxygen atoms in total. The van der Waals surface area contributed by atoms with Crippen molar-refractivity contribution in [2.75, 3.05) is 4.72 Å². The van der Waals surface area contributed by atoms with Crippen LogP contribution in [-0.4, -0.2) is 18.6 Å². The molecule has 1 aromatic heterocycles. The fraction of sp³-hybridized carbons (Fsp3) is 0.125. The van der Waals surface area contributed by atoms with Crippen LogP contribution in [0, 0.1) is 12.7 Å². The van der Waals surface area contributed by atoms with Gasteiger partial charge in [-0.25, -0.2) is 12.8 Å². The van der Waals surface area contributed by atoms with Gasteiger partial charge in [0, 0.05) is 0 Å². The maximum Gasteiger partial charge on any atom is 0.265 e. The molecule has 0 aliphatic carbocycles. The van der Waals surface area contributed by atoms with E-state index in [1.807, 2.05) is 0 Å². The number of nitrogens with zero attached hydrogens (tertiary/aromatic N) is 2. The van der Waals surface area contributed by atoms with E-state index in [0.717, 1.165) is 11.3 Å². The smallest absolute Gasteiger partial charge is 0.265 e. The van der Waals surface area contributed by atoms with E-state index in [2.05, 4.69) is 14.9 Å². The summed E-state index contributed by atoms with van der Waals surface area (Å²) in [6.07, 6.45) is 0. The maximum atomic E-state index is 13.5. The van der Waals surface area contributed by atoms with E-state index in [1.165, 1.54) is 18.2 Å². The number of aryl methyl sites for hydroxylation is 1. The summed E-state index contributed by atoms with van der Waals surface area (Å²) in [6, 6.07) is 10.8. The number of para-hydroxylation sites is 1. The molecular weight excluding hydrogens is 401 g/mol. The summed E-state index contributed by atoms with van der Waals surface area (Å²) in [5.41, 5.74) is 0.512. The first kappa shape index (κ1) is 18.6. The molecule has 10 heteroatoms. The number of aromatic nitrogens is 2. The largest absolute Gasteiger partial charge is 0.483 e. The molecule has 0 saturated carbocycles. The van der Waals surface area contributed by atoms with Gasteiger partial charge in [-0.15, -0.1) is 10.2 Å². The number of anilines is 1. The van der Waals surface area contributed by atoms with Crippen molar-refractivity contribution < 1.29 is 17.5 Å². The molecule has 0 aliphatic rings. The average Bonchev–Trinajstić information content (AvgIpc) is 3.00. The lowest BCUT2D eigenvalue weighted by Gasteiger charge is -2.09. The highest BCUT2D eigenvalue weighted by Crippen LogP contribution is 2.28. The lowest BCUT2D eigenvalue weighted by molar-refractivity contribution is 0.289. The normalized spacial score (nSPS) is 11.3. The Morgan fingerprint density at radius 1 is 1.19 bits per heavy atom. The minimum Gasteiger partial charge on any atom is -0.483 e. The highest BCUT2D eigenvalue weighted by molar-refractivity contribution is 7.93. The zero-order valence-corrected chi connectivity index (χ0v) is 15.8. The number of halogens is 2. The van der Waals surface area contributed by atoms with Gasteiger partial charge in [0.15, 0.2) is 16.6 Å². The van der Waals surface area contributed by atoms with Crippen molar-refractivity contribution in [3.8, 4) is 5.75 Å². The van der Waals surface area contributed by atoms with E-state index in [0.29, 0.717) is 10.6 Å². The summed E-state index contributed by atoms with van der Waals surface area (Å²) in [4.78, 5) is -0.0129. The van der Waals surface area contributed by atoms with Crippen LogP contribution < -0.4 is 9.46 Å². The molecule has 0 saturated heterocycles. The van der Waals surface area contributed by atoms with Crippen molar-refractivity contribution in [2.24, 2.45) is 0 Å². The van der Waals surface area contributed by atoms with Crippen LogP contribution >= 0.6 is 22.9 Å². The molecule has 0 amide bonds. The Morgan fingerprint density at radius 3 is 2.69 bits per heavy atom. The van der Waals surface area contributed by atoms with Crippen molar-refractivity contribution in [1.29, 1.82) is 0 Å². The molecule has 1 N–H and O–H groups in total. The third-order valence-electron chi connectivity index (χ3n) is 3.31. The molecule has 26 heavy (non-hydrogen) atoms. The fourth-order valence-electron chi connectivity index (χ4n) is 2.18. The Labute approximate surface area is 158 Å². The van der Waals surface area contributed by atoms with E-state index < -0.39 is 15.8 Å². The number of rotatable bonds is 6. The Hall–Kier alpha value is -2.23. The molecule has 136 valence electrons. The van der Waals surface area contributed by atoms with E-state index in [9.17, 15) is 12.8 Å². The van der Waals surface area contributed by atoms with Gasteiger partial charge in [-0.05, 0) is 30.7 Å². The van der Waals surface area contributed by atoms with Gasteiger partial charge in [-0.1, -0.05) is 47.2 Å². The summed E-state index contributed by atoms with van der Waals surface area (Å²) in [7, 11) is -3.91.